The normalized spacial score (nSPS) is 16.7. The molecule has 1 aromatic heterocycles. The number of nitrogens with zero attached hydrogens (tertiary/aromatic N) is 2. The van der Waals surface area contributed by atoms with Crippen LogP contribution in [0.1, 0.15) is 5.69 Å². The summed E-state index contributed by atoms with van der Waals surface area (Å²) in [5.74, 6) is -0.578. The lowest BCUT2D eigenvalue weighted by atomic mass is 10.1. The van der Waals surface area contributed by atoms with Crippen LogP contribution in [0.2, 0.25) is 5.02 Å². The topological polar surface area (TPSA) is 89.9 Å². The van der Waals surface area contributed by atoms with Crippen molar-refractivity contribution in [2.24, 2.45) is 0 Å². The summed E-state index contributed by atoms with van der Waals surface area (Å²) in [7, 11) is 0. The third-order valence-electron chi connectivity index (χ3n) is 4.89. The Morgan fingerprint density at radius 3 is 2.48 bits per heavy atom. The molecule has 4 amide bonds. The first-order chi connectivity index (χ1) is 15.0. The van der Waals surface area contributed by atoms with Crippen LogP contribution in [0.3, 0.4) is 0 Å². The van der Waals surface area contributed by atoms with E-state index in [2.05, 4.69) is 5.32 Å². The van der Waals surface area contributed by atoms with E-state index in [0.29, 0.717) is 22.2 Å². The number of rotatable bonds is 3. The van der Waals surface area contributed by atoms with Crippen LogP contribution in [0.5, 0.6) is 11.5 Å². The summed E-state index contributed by atoms with van der Waals surface area (Å²) in [5, 5.41) is 2.81. The number of imide groups is 2. The van der Waals surface area contributed by atoms with Gasteiger partial charge in [0.1, 0.15) is 5.57 Å². The Bertz CT molecular complexity index is 1260. The number of halogens is 1. The summed E-state index contributed by atoms with van der Waals surface area (Å²) in [5.41, 5.74) is 1.47. The maximum absolute atomic E-state index is 13.1. The van der Waals surface area contributed by atoms with Gasteiger partial charge in [-0.2, -0.15) is 0 Å². The number of benzene rings is 2. The number of fused-ring (bicyclic) bond motifs is 1. The molecule has 8 nitrogen and oxygen atoms in total. The Morgan fingerprint density at radius 2 is 1.68 bits per heavy atom. The molecule has 0 aliphatic carbocycles. The van der Waals surface area contributed by atoms with Crippen molar-refractivity contribution in [3.8, 4) is 17.2 Å². The molecule has 1 saturated heterocycles. The average molecular weight is 436 g/mol. The van der Waals surface area contributed by atoms with Gasteiger partial charge in [-0.15, -0.1) is 0 Å². The molecule has 31 heavy (non-hydrogen) atoms. The number of hydrogen-bond acceptors (Lipinski definition) is 5. The van der Waals surface area contributed by atoms with Crippen molar-refractivity contribution in [2.75, 3.05) is 11.7 Å². The highest BCUT2D eigenvalue weighted by atomic mass is 35.5. The number of carbonyl (C=O) groups excluding carboxylic acids is 3. The first-order valence-corrected chi connectivity index (χ1v) is 9.63. The van der Waals surface area contributed by atoms with Gasteiger partial charge in [0.15, 0.2) is 11.5 Å². The van der Waals surface area contributed by atoms with Gasteiger partial charge in [0, 0.05) is 28.7 Å². The van der Waals surface area contributed by atoms with Crippen molar-refractivity contribution < 1.29 is 23.9 Å². The van der Waals surface area contributed by atoms with E-state index in [1.54, 1.807) is 47.2 Å². The second-order valence-corrected chi connectivity index (χ2v) is 7.21. The number of aromatic nitrogens is 1. The fourth-order valence-corrected chi connectivity index (χ4v) is 3.54. The first kappa shape index (κ1) is 19.0. The van der Waals surface area contributed by atoms with Crippen molar-refractivity contribution in [1.29, 1.82) is 0 Å². The summed E-state index contributed by atoms with van der Waals surface area (Å²) in [4.78, 5) is 39.0. The monoisotopic (exact) mass is 435 g/mol. The third kappa shape index (κ3) is 3.32. The highest BCUT2D eigenvalue weighted by Crippen LogP contribution is 2.36. The number of ether oxygens (including phenoxy) is 2. The van der Waals surface area contributed by atoms with Crippen LogP contribution < -0.4 is 19.7 Å². The molecule has 0 spiro atoms. The zero-order valence-electron chi connectivity index (χ0n) is 15.9. The Hall–Kier alpha value is -4.04. The average Bonchev–Trinajstić information content (AvgIpc) is 3.40. The van der Waals surface area contributed by atoms with Gasteiger partial charge in [-0.1, -0.05) is 11.6 Å². The Labute approximate surface area is 181 Å². The van der Waals surface area contributed by atoms with Crippen LogP contribution in [0, 0.1) is 0 Å². The van der Waals surface area contributed by atoms with E-state index < -0.39 is 17.8 Å². The van der Waals surface area contributed by atoms with Gasteiger partial charge in [0.2, 0.25) is 6.79 Å². The standard InChI is InChI=1S/C22H14ClN3O5/c23-13-3-5-14(6-4-13)25-9-1-2-15(25)10-17-20(27)24-22(29)26(21(17)28)16-7-8-18-19(11-16)31-12-30-18/h1-11H,12H2,(H,24,27,29)/b17-10+. The van der Waals surface area contributed by atoms with Crippen LogP contribution in [-0.2, 0) is 9.59 Å². The summed E-state index contributed by atoms with van der Waals surface area (Å²) in [6, 6.07) is 14.5. The molecule has 2 aromatic carbocycles. The summed E-state index contributed by atoms with van der Waals surface area (Å²) < 4.78 is 12.4. The number of anilines is 1. The highest BCUT2D eigenvalue weighted by molar-refractivity contribution is 6.39. The number of urea groups is 1. The molecular weight excluding hydrogens is 422 g/mol. The van der Waals surface area contributed by atoms with Gasteiger partial charge in [0.25, 0.3) is 11.8 Å². The van der Waals surface area contributed by atoms with Gasteiger partial charge in [-0.3, -0.25) is 14.9 Å². The van der Waals surface area contributed by atoms with E-state index in [1.165, 1.54) is 12.1 Å². The Morgan fingerprint density at radius 1 is 0.935 bits per heavy atom. The van der Waals surface area contributed by atoms with E-state index in [-0.39, 0.29) is 18.1 Å². The molecular formula is C22H14ClN3O5. The molecule has 0 unspecified atom stereocenters. The van der Waals surface area contributed by atoms with Gasteiger partial charge in [0.05, 0.1) is 5.69 Å². The first-order valence-electron chi connectivity index (χ1n) is 9.26. The highest BCUT2D eigenvalue weighted by Gasteiger charge is 2.37. The molecule has 2 aliphatic rings. The van der Waals surface area contributed by atoms with Crippen LogP contribution in [-0.4, -0.2) is 29.2 Å². The van der Waals surface area contributed by atoms with Gasteiger partial charge < -0.3 is 14.0 Å². The summed E-state index contributed by atoms with van der Waals surface area (Å²) in [6.45, 7) is 0.0598. The van der Waals surface area contributed by atoms with E-state index in [1.807, 2.05) is 12.1 Å². The zero-order chi connectivity index (χ0) is 21.5. The molecule has 1 N–H and O–H groups in total. The molecule has 2 aliphatic heterocycles. The predicted molar refractivity (Wildman–Crippen MR) is 112 cm³/mol. The summed E-state index contributed by atoms with van der Waals surface area (Å²) in [6.07, 6.45) is 3.24. The number of amides is 4. The smallest absolute Gasteiger partial charge is 0.335 e. The van der Waals surface area contributed by atoms with Crippen molar-refractivity contribution in [3.05, 3.63) is 77.1 Å². The maximum Gasteiger partial charge on any atom is 0.335 e. The molecule has 1 fully saturated rings. The largest absolute Gasteiger partial charge is 0.454 e. The second-order valence-electron chi connectivity index (χ2n) is 6.77. The van der Waals surface area contributed by atoms with Crippen LogP contribution in [0.15, 0.2) is 66.4 Å². The molecule has 0 radical (unpaired) electrons. The van der Waals surface area contributed by atoms with E-state index in [4.69, 9.17) is 21.1 Å². The minimum absolute atomic E-state index is 0.0598. The quantitative estimate of drug-likeness (QED) is 0.502. The number of carbonyl (C=O) groups is 3. The minimum Gasteiger partial charge on any atom is -0.454 e. The molecule has 0 saturated carbocycles. The van der Waals surface area contributed by atoms with Gasteiger partial charge >= 0.3 is 6.03 Å². The number of hydrogen-bond donors (Lipinski definition) is 1. The molecule has 9 heteroatoms. The summed E-state index contributed by atoms with van der Waals surface area (Å²) >= 11 is 5.96. The van der Waals surface area contributed by atoms with Crippen molar-refractivity contribution in [2.45, 2.75) is 0 Å². The SMILES string of the molecule is O=C1NC(=O)N(c2ccc3c(c2)OCO3)C(=O)/C1=C/c1cccn1-c1ccc(Cl)cc1. The molecule has 154 valence electrons. The minimum atomic E-state index is -0.834. The molecule has 0 bridgehead atoms. The molecule has 5 rings (SSSR count). The van der Waals surface area contributed by atoms with Crippen molar-refractivity contribution in [1.82, 2.24) is 9.88 Å². The Balaban J connectivity index is 1.53. The second kappa shape index (κ2) is 7.33. The van der Waals surface area contributed by atoms with Crippen molar-refractivity contribution in [3.63, 3.8) is 0 Å². The third-order valence-corrected chi connectivity index (χ3v) is 5.15. The predicted octanol–water partition coefficient (Wildman–Crippen LogP) is 3.53. The van der Waals surface area contributed by atoms with Crippen LogP contribution in [0.4, 0.5) is 10.5 Å². The fourth-order valence-electron chi connectivity index (χ4n) is 3.41. The van der Waals surface area contributed by atoms with Crippen LogP contribution in [0.25, 0.3) is 11.8 Å². The van der Waals surface area contributed by atoms with E-state index >= 15 is 0 Å². The lowest BCUT2D eigenvalue weighted by Gasteiger charge is -2.26. The molecule has 3 heterocycles. The molecule has 0 atom stereocenters. The van der Waals surface area contributed by atoms with E-state index in [0.717, 1.165) is 10.6 Å². The lowest BCUT2D eigenvalue weighted by molar-refractivity contribution is -0.122. The number of barbiturate groups is 1. The van der Waals surface area contributed by atoms with Crippen molar-refractivity contribution >= 4 is 41.2 Å². The lowest BCUT2D eigenvalue weighted by Crippen LogP contribution is -2.54. The van der Waals surface area contributed by atoms with Gasteiger partial charge in [-0.05, 0) is 54.6 Å². The van der Waals surface area contributed by atoms with Crippen LogP contribution >= 0.6 is 11.6 Å². The fraction of sp³-hybridized carbons (Fsp3) is 0.0455. The zero-order valence-corrected chi connectivity index (χ0v) is 16.6. The van der Waals surface area contributed by atoms with Gasteiger partial charge in [-0.25, -0.2) is 9.69 Å². The van der Waals surface area contributed by atoms with E-state index in [9.17, 15) is 14.4 Å². The maximum atomic E-state index is 13.1. The molecule has 3 aromatic rings. The Kier molecular flexibility index (Phi) is 4.48. The number of nitrogens with one attached hydrogen (secondary N) is 1.